The van der Waals surface area contributed by atoms with Crippen LogP contribution in [-0.2, 0) is 9.53 Å². The number of ether oxygens (including phenoxy) is 3. The average Bonchev–Trinajstić information content (AvgIpc) is 2.44. The lowest BCUT2D eigenvalue weighted by Gasteiger charge is -2.25. The molecule has 0 N–H and O–H groups in total. The van der Waals surface area contributed by atoms with E-state index < -0.39 is 0 Å². The van der Waals surface area contributed by atoms with Crippen LogP contribution in [0.15, 0.2) is 24.5 Å². The largest absolute Gasteiger partial charge is 0.497 e. The van der Waals surface area contributed by atoms with Crippen LogP contribution >= 0.6 is 0 Å². The summed E-state index contributed by atoms with van der Waals surface area (Å²) in [5.74, 6) is 1.18. The normalized spacial score (nSPS) is 22.5. The molecule has 4 heteroatoms. The van der Waals surface area contributed by atoms with E-state index in [-0.39, 0.29) is 17.8 Å². The van der Waals surface area contributed by atoms with Crippen LogP contribution in [0.25, 0.3) is 5.57 Å². The molecule has 2 rings (SSSR count). The molecule has 0 amide bonds. The van der Waals surface area contributed by atoms with Gasteiger partial charge in [0.2, 0.25) is 0 Å². The highest BCUT2D eigenvalue weighted by molar-refractivity contribution is 6.22. The lowest BCUT2D eigenvalue weighted by atomic mass is 9.89. The second kappa shape index (κ2) is 5.34. The molecule has 1 aromatic carbocycles. The van der Waals surface area contributed by atoms with Gasteiger partial charge in [-0.25, -0.2) is 0 Å². The number of carbonyl (C=O) groups excluding carboxylic acids is 1. The fourth-order valence-electron chi connectivity index (χ4n) is 2.02. The molecule has 0 radical (unpaired) electrons. The van der Waals surface area contributed by atoms with Gasteiger partial charge in [0, 0.05) is 0 Å². The van der Waals surface area contributed by atoms with Crippen LogP contribution in [0.4, 0.5) is 0 Å². The maximum atomic E-state index is 12.3. The fraction of sp³-hybridized carbons (Fsp3) is 0.400. The Morgan fingerprint density at radius 2 is 1.79 bits per heavy atom. The summed E-state index contributed by atoms with van der Waals surface area (Å²) in [6.45, 7) is 3.77. The molecular formula is C15H18O4. The van der Waals surface area contributed by atoms with Crippen molar-refractivity contribution in [2.45, 2.75) is 20.0 Å². The zero-order valence-electron chi connectivity index (χ0n) is 11.6. The lowest BCUT2D eigenvalue weighted by molar-refractivity contribution is -0.121. The fourth-order valence-corrected chi connectivity index (χ4v) is 2.02. The standard InChI is InChI=1S/C15H18O4/c1-9-10(2)19-8-12(15(9)16)11-5-6-13(17-3)14(7-11)18-4/h5-10H,1-4H3. The van der Waals surface area contributed by atoms with E-state index in [2.05, 4.69) is 0 Å². The minimum atomic E-state index is -0.145. The molecule has 1 aromatic rings. The molecule has 2 unspecified atom stereocenters. The van der Waals surface area contributed by atoms with Crippen LogP contribution in [0.1, 0.15) is 19.4 Å². The Morgan fingerprint density at radius 3 is 2.42 bits per heavy atom. The van der Waals surface area contributed by atoms with Gasteiger partial charge in [-0.3, -0.25) is 4.79 Å². The summed E-state index contributed by atoms with van der Waals surface area (Å²) >= 11 is 0. The van der Waals surface area contributed by atoms with Crippen molar-refractivity contribution < 1.29 is 19.0 Å². The van der Waals surface area contributed by atoms with Gasteiger partial charge in [0.15, 0.2) is 17.3 Å². The molecule has 2 atom stereocenters. The number of hydrogen-bond donors (Lipinski definition) is 0. The molecular weight excluding hydrogens is 244 g/mol. The van der Waals surface area contributed by atoms with Crippen LogP contribution in [0, 0.1) is 5.92 Å². The van der Waals surface area contributed by atoms with Gasteiger partial charge in [0.1, 0.15) is 6.10 Å². The van der Waals surface area contributed by atoms with Crippen molar-refractivity contribution in [3.8, 4) is 11.5 Å². The highest BCUT2D eigenvalue weighted by Gasteiger charge is 2.29. The van der Waals surface area contributed by atoms with E-state index in [1.54, 1.807) is 26.4 Å². The van der Waals surface area contributed by atoms with Gasteiger partial charge in [-0.15, -0.1) is 0 Å². The van der Waals surface area contributed by atoms with E-state index >= 15 is 0 Å². The predicted octanol–water partition coefficient (Wildman–Crippen LogP) is 2.67. The molecule has 0 bridgehead atoms. The number of benzene rings is 1. The van der Waals surface area contributed by atoms with Gasteiger partial charge in [-0.1, -0.05) is 13.0 Å². The first-order chi connectivity index (χ1) is 9.08. The minimum Gasteiger partial charge on any atom is -0.497 e. The van der Waals surface area contributed by atoms with Crippen LogP contribution in [-0.4, -0.2) is 26.1 Å². The summed E-state index contributed by atoms with van der Waals surface area (Å²) < 4.78 is 15.9. The summed E-state index contributed by atoms with van der Waals surface area (Å²) in [7, 11) is 3.15. The maximum absolute atomic E-state index is 12.3. The first-order valence-electron chi connectivity index (χ1n) is 6.20. The Labute approximate surface area is 113 Å². The third-order valence-corrected chi connectivity index (χ3v) is 3.48. The molecule has 0 aromatic heterocycles. The Bertz CT molecular complexity index is 519. The van der Waals surface area contributed by atoms with Crippen LogP contribution in [0.3, 0.4) is 0 Å². The third kappa shape index (κ3) is 2.43. The van der Waals surface area contributed by atoms with E-state index in [1.807, 2.05) is 19.9 Å². The van der Waals surface area contributed by atoms with Crippen LogP contribution in [0.2, 0.25) is 0 Å². The Balaban J connectivity index is 2.40. The van der Waals surface area contributed by atoms with E-state index in [1.165, 1.54) is 6.26 Å². The van der Waals surface area contributed by atoms with Crippen LogP contribution < -0.4 is 9.47 Å². The molecule has 1 aliphatic heterocycles. The number of hydrogen-bond acceptors (Lipinski definition) is 4. The zero-order valence-corrected chi connectivity index (χ0v) is 11.6. The van der Waals surface area contributed by atoms with Crippen molar-refractivity contribution in [1.29, 1.82) is 0 Å². The predicted molar refractivity (Wildman–Crippen MR) is 72.2 cm³/mol. The number of allylic oxidation sites excluding steroid dienone is 1. The third-order valence-electron chi connectivity index (χ3n) is 3.48. The first-order valence-corrected chi connectivity index (χ1v) is 6.20. The van der Waals surface area contributed by atoms with Crippen LogP contribution in [0.5, 0.6) is 11.5 Å². The molecule has 0 saturated heterocycles. The summed E-state index contributed by atoms with van der Waals surface area (Å²) in [5.41, 5.74) is 1.35. The molecule has 4 nitrogen and oxygen atoms in total. The number of Topliss-reactive ketones (excluding diaryl/α,β-unsaturated/α-hetero) is 1. The summed E-state index contributed by atoms with van der Waals surface area (Å²) in [5, 5.41) is 0. The summed E-state index contributed by atoms with van der Waals surface area (Å²) in [6.07, 6.45) is 1.45. The first kappa shape index (κ1) is 13.5. The molecule has 0 fully saturated rings. The maximum Gasteiger partial charge on any atom is 0.173 e. The van der Waals surface area contributed by atoms with Gasteiger partial charge in [-0.05, 0) is 24.6 Å². The Morgan fingerprint density at radius 1 is 1.11 bits per heavy atom. The van der Waals surface area contributed by atoms with Crippen molar-refractivity contribution in [2.24, 2.45) is 5.92 Å². The SMILES string of the molecule is COc1ccc(C2=COC(C)C(C)C2=O)cc1OC. The number of rotatable bonds is 3. The average molecular weight is 262 g/mol. The summed E-state index contributed by atoms with van der Waals surface area (Å²) in [4.78, 5) is 12.3. The van der Waals surface area contributed by atoms with E-state index in [4.69, 9.17) is 14.2 Å². The zero-order chi connectivity index (χ0) is 14.0. The monoisotopic (exact) mass is 262 g/mol. The molecule has 0 saturated carbocycles. The van der Waals surface area contributed by atoms with Gasteiger partial charge in [0.25, 0.3) is 0 Å². The van der Waals surface area contributed by atoms with Gasteiger partial charge in [0.05, 0.1) is 32.0 Å². The molecule has 19 heavy (non-hydrogen) atoms. The number of ketones is 1. The van der Waals surface area contributed by atoms with Crippen molar-refractivity contribution >= 4 is 11.4 Å². The molecule has 1 aliphatic rings. The highest BCUT2D eigenvalue weighted by atomic mass is 16.5. The molecule has 102 valence electrons. The second-order valence-corrected chi connectivity index (χ2v) is 4.60. The molecule has 0 aliphatic carbocycles. The Kier molecular flexibility index (Phi) is 3.79. The van der Waals surface area contributed by atoms with E-state index in [0.717, 1.165) is 5.56 Å². The minimum absolute atomic E-state index is 0.0867. The lowest BCUT2D eigenvalue weighted by Crippen LogP contribution is -2.29. The van der Waals surface area contributed by atoms with Gasteiger partial charge < -0.3 is 14.2 Å². The van der Waals surface area contributed by atoms with Crippen molar-refractivity contribution in [3.63, 3.8) is 0 Å². The van der Waals surface area contributed by atoms with Crippen molar-refractivity contribution in [1.82, 2.24) is 0 Å². The van der Waals surface area contributed by atoms with Gasteiger partial charge >= 0.3 is 0 Å². The second-order valence-electron chi connectivity index (χ2n) is 4.60. The smallest absolute Gasteiger partial charge is 0.173 e. The Hall–Kier alpha value is -1.97. The van der Waals surface area contributed by atoms with Crippen molar-refractivity contribution in [3.05, 3.63) is 30.0 Å². The molecule has 1 heterocycles. The quantitative estimate of drug-likeness (QED) is 0.840. The molecule has 0 spiro atoms. The number of methoxy groups -OCH3 is 2. The summed E-state index contributed by atoms with van der Waals surface area (Å²) in [6, 6.07) is 5.40. The van der Waals surface area contributed by atoms with E-state index in [0.29, 0.717) is 17.1 Å². The van der Waals surface area contributed by atoms with E-state index in [9.17, 15) is 4.79 Å². The highest BCUT2D eigenvalue weighted by Crippen LogP contribution is 2.33. The van der Waals surface area contributed by atoms with Crippen molar-refractivity contribution in [2.75, 3.05) is 14.2 Å². The topological polar surface area (TPSA) is 44.8 Å². The van der Waals surface area contributed by atoms with Gasteiger partial charge in [-0.2, -0.15) is 0 Å². The number of carbonyl (C=O) groups is 1.